The number of nitrogens with two attached hydrogens (primary N) is 1. The van der Waals surface area contributed by atoms with Gasteiger partial charge in [0.15, 0.2) is 0 Å². The number of alkyl halides is 1. The maximum Gasteiger partial charge on any atom is 0.148 e. The van der Waals surface area contributed by atoms with Crippen LogP contribution in [0.3, 0.4) is 0 Å². The van der Waals surface area contributed by atoms with Crippen LogP contribution in [0.5, 0.6) is 0 Å². The van der Waals surface area contributed by atoms with Gasteiger partial charge in [-0.2, -0.15) is 0 Å². The van der Waals surface area contributed by atoms with Gasteiger partial charge in [-0.15, -0.1) is 0 Å². The lowest BCUT2D eigenvalue weighted by Crippen LogP contribution is -2.46. The molecule has 0 saturated carbocycles. The first-order chi connectivity index (χ1) is 6.92. The van der Waals surface area contributed by atoms with Crippen LogP contribution in [0.2, 0.25) is 0 Å². The maximum atomic E-state index is 14.9. The Morgan fingerprint density at radius 1 is 1.27 bits per heavy atom. The predicted octanol–water partition coefficient (Wildman–Crippen LogP) is 3.59. The van der Waals surface area contributed by atoms with Gasteiger partial charge < -0.3 is 5.73 Å². The summed E-state index contributed by atoms with van der Waals surface area (Å²) in [4.78, 5) is 0. The summed E-state index contributed by atoms with van der Waals surface area (Å²) < 4.78 is 14.9. The first-order valence-electron chi connectivity index (χ1n) is 6.00. The molecular weight excluding hydrogens is 189 g/mol. The van der Waals surface area contributed by atoms with Crippen LogP contribution in [0.25, 0.3) is 0 Å². The Bertz CT molecular complexity index is 239. The van der Waals surface area contributed by atoms with Crippen LogP contribution in [0.1, 0.15) is 52.9 Å². The van der Waals surface area contributed by atoms with E-state index in [-0.39, 0.29) is 6.54 Å². The quantitative estimate of drug-likeness (QED) is 0.697. The molecule has 2 N–H and O–H groups in total. The Kier molecular flexibility index (Phi) is 3.93. The van der Waals surface area contributed by atoms with Gasteiger partial charge in [-0.1, -0.05) is 33.3 Å². The Hall–Kier alpha value is -0.370. The molecule has 0 spiro atoms. The van der Waals surface area contributed by atoms with Crippen molar-refractivity contribution in [3.63, 3.8) is 0 Å². The molecule has 1 aliphatic carbocycles. The summed E-state index contributed by atoms with van der Waals surface area (Å²) in [6.45, 7) is 5.91. The van der Waals surface area contributed by atoms with Crippen LogP contribution in [-0.2, 0) is 0 Å². The highest BCUT2D eigenvalue weighted by molar-refractivity contribution is 5.22. The van der Waals surface area contributed by atoms with Gasteiger partial charge >= 0.3 is 0 Å². The van der Waals surface area contributed by atoms with Crippen LogP contribution >= 0.6 is 0 Å². The molecule has 1 unspecified atom stereocenters. The first-order valence-corrected chi connectivity index (χ1v) is 6.00. The van der Waals surface area contributed by atoms with Gasteiger partial charge in [-0.3, -0.25) is 0 Å². The van der Waals surface area contributed by atoms with E-state index in [1.165, 1.54) is 12.8 Å². The molecule has 0 saturated heterocycles. The normalized spacial score (nSPS) is 22.9. The van der Waals surface area contributed by atoms with E-state index >= 15 is 0 Å². The van der Waals surface area contributed by atoms with Gasteiger partial charge in [-0.05, 0) is 31.3 Å². The summed E-state index contributed by atoms with van der Waals surface area (Å²) in [5, 5.41) is 0. The SMILES string of the molecule is CC(C)(C)C(F)(CN)C1=CCCCCC1. The fourth-order valence-electron chi connectivity index (χ4n) is 2.29. The largest absolute Gasteiger partial charge is 0.327 e. The van der Waals surface area contributed by atoms with Crippen molar-refractivity contribution in [2.24, 2.45) is 11.1 Å². The van der Waals surface area contributed by atoms with E-state index < -0.39 is 11.1 Å². The van der Waals surface area contributed by atoms with Gasteiger partial charge in [0.1, 0.15) is 5.67 Å². The molecular formula is C13H24FN. The molecule has 0 aromatic rings. The number of hydrogen-bond acceptors (Lipinski definition) is 1. The summed E-state index contributed by atoms with van der Waals surface area (Å²) >= 11 is 0. The summed E-state index contributed by atoms with van der Waals surface area (Å²) in [6, 6.07) is 0. The molecule has 1 nitrogen and oxygen atoms in total. The van der Waals surface area contributed by atoms with E-state index in [1.807, 2.05) is 20.8 Å². The van der Waals surface area contributed by atoms with Gasteiger partial charge in [-0.25, -0.2) is 4.39 Å². The second-order valence-corrected chi connectivity index (χ2v) is 5.58. The minimum Gasteiger partial charge on any atom is -0.327 e. The molecule has 1 atom stereocenters. The smallest absolute Gasteiger partial charge is 0.148 e. The van der Waals surface area contributed by atoms with Gasteiger partial charge in [0.05, 0.1) is 0 Å². The second kappa shape index (κ2) is 4.65. The third-order valence-corrected chi connectivity index (χ3v) is 3.52. The summed E-state index contributed by atoms with van der Waals surface area (Å²) in [7, 11) is 0. The van der Waals surface area contributed by atoms with E-state index in [9.17, 15) is 4.39 Å². The number of hydrogen-bond donors (Lipinski definition) is 1. The van der Waals surface area contributed by atoms with Crippen molar-refractivity contribution in [1.29, 1.82) is 0 Å². The average molecular weight is 213 g/mol. The van der Waals surface area contributed by atoms with Crippen molar-refractivity contribution >= 4 is 0 Å². The third kappa shape index (κ3) is 2.60. The highest BCUT2D eigenvalue weighted by Gasteiger charge is 2.44. The molecule has 2 heteroatoms. The maximum absolute atomic E-state index is 14.9. The van der Waals surface area contributed by atoms with Crippen LogP contribution in [-0.4, -0.2) is 12.2 Å². The van der Waals surface area contributed by atoms with Gasteiger partial charge in [0.25, 0.3) is 0 Å². The molecule has 1 aliphatic rings. The second-order valence-electron chi connectivity index (χ2n) is 5.58. The van der Waals surface area contributed by atoms with E-state index in [0.717, 1.165) is 24.8 Å². The lowest BCUT2D eigenvalue weighted by molar-refractivity contribution is 0.0716. The van der Waals surface area contributed by atoms with Crippen molar-refractivity contribution in [1.82, 2.24) is 0 Å². The standard InChI is InChI=1S/C13H24FN/c1-12(2,3)13(14,10-15)11-8-6-4-5-7-9-11/h8H,4-7,9-10,15H2,1-3H3. The molecule has 15 heavy (non-hydrogen) atoms. The van der Waals surface area contributed by atoms with Crippen LogP contribution in [0, 0.1) is 5.41 Å². The van der Waals surface area contributed by atoms with Crippen molar-refractivity contribution in [3.8, 4) is 0 Å². The fourth-order valence-corrected chi connectivity index (χ4v) is 2.29. The fraction of sp³-hybridized carbons (Fsp3) is 0.846. The predicted molar refractivity (Wildman–Crippen MR) is 63.5 cm³/mol. The molecule has 0 aromatic heterocycles. The lowest BCUT2D eigenvalue weighted by Gasteiger charge is -2.39. The number of halogens is 1. The molecule has 88 valence electrons. The molecule has 0 amide bonds. The molecule has 0 bridgehead atoms. The highest BCUT2D eigenvalue weighted by Crippen LogP contribution is 2.42. The first kappa shape index (κ1) is 12.7. The van der Waals surface area contributed by atoms with Crippen LogP contribution < -0.4 is 5.73 Å². The topological polar surface area (TPSA) is 26.0 Å². The van der Waals surface area contributed by atoms with Crippen molar-refractivity contribution in [2.75, 3.05) is 6.54 Å². The zero-order chi connectivity index (χ0) is 11.5. The third-order valence-electron chi connectivity index (χ3n) is 3.52. The van der Waals surface area contributed by atoms with Crippen molar-refractivity contribution < 1.29 is 4.39 Å². The molecule has 0 aromatic carbocycles. The van der Waals surface area contributed by atoms with Crippen LogP contribution in [0.15, 0.2) is 11.6 Å². The van der Waals surface area contributed by atoms with Crippen molar-refractivity contribution in [2.45, 2.75) is 58.5 Å². The minimum absolute atomic E-state index is 0.0995. The zero-order valence-corrected chi connectivity index (χ0v) is 10.3. The molecule has 0 heterocycles. The van der Waals surface area contributed by atoms with E-state index in [1.54, 1.807) is 0 Å². The molecule has 0 aliphatic heterocycles. The monoisotopic (exact) mass is 213 g/mol. The Labute approximate surface area is 92.9 Å². The van der Waals surface area contributed by atoms with E-state index in [4.69, 9.17) is 5.73 Å². The molecule has 0 radical (unpaired) electrons. The highest BCUT2D eigenvalue weighted by atomic mass is 19.1. The summed E-state index contributed by atoms with van der Waals surface area (Å²) in [5.74, 6) is 0. The Morgan fingerprint density at radius 3 is 2.47 bits per heavy atom. The Balaban J connectivity index is 2.94. The summed E-state index contributed by atoms with van der Waals surface area (Å²) in [5.41, 5.74) is 4.87. The van der Waals surface area contributed by atoms with Gasteiger partial charge in [0.2, 0.25) is 0 Å². The van der Waals surface area contributed by atoms with E-state index in [2.05, 4.69) is 6.08 Å². The average Bonchev–Trinajstić information content (AvgIpc) is 2.43. The lowest BCUT2D eigenvalue weighted by atomic mass is 9.72. The molecule has 1 rings (SSSR count). The van der Waals surface area contributed by atoms with Crippen molar-refractivity contribution in [3.05, 3.63) is 11.6 Å². The number of allylic oxidation sites excluding steroid dienone is 1. The van der Waals surface area contributed by atoms with E-state index in [0.29, 0.717) is 0 Å². The van der Waals surface area contributed by atoms with Gasteiger partial charge in [0, 0.05) is 12.0 Å². The summed E-state index contributed by atoms with van der Waals surface area (Å²) in [6.07, 6.45) is 7.49. The zero-order valence-electron chi connectivity index (χ0n) is 10.3. The molecule has 0 fully saturated rings. The minimum atomic E-state index is -1.32. The Morgan fingerprint density at radius 2 is 1.93 bits per heavy atom. The van der Waals surface area contributed by atoms with Crippen LogP contribution in [0.4, 0.5) is 4.39 Å². The number of rotatable bonds is 2.